The molecule has 0 saturated heterocycles. The van der Waals surface area contributed by atoms with Crippen molar-refractivity contribution in [1.82, 2.24) is 5.32 Å². The van der Waals surface area contributed by atoms with E-state index in [2.05, 4.69) is 10.6 Å². The first-order valence-corrected chi connectivity index (χ1v) is 9.38. The van der Waals surface area contributed by atoms with Gasteiger partial charge in [-0.2, -0.15) is 0 Å². The maximum Gasteiger partial charge on any atom is 0.265 e. The standard InChI is InChI=1S/C21H18N2O3S/c1-12-6-5-8-15(18(12)21(25)22-2)23-20(24)17-10-13-11-26-16-9-4-3-7-14(16)19(13)27-17/h3-10H,11H2,1-2H3,(H,22,25)(H,23,24). The second-order valence-electron chi connectivity index (χ2n) is 6.28. The molecule has 0 spiro atoms. The molecule has 3 aromatic rings. The number of carbonyl (C=O) groups excluding carboxylic acids is 2. The average molecular weight is 378 g/mol. The first kappa shape index (κ1) is 17.3. The SMILES string of the molecule is CNC(=O)c1c(C)cccc1NC(=O)c1cc2c(s1)-c1ccccc1OC2. The lowest BCUT2D eigenvalue weighted by atomic mass is 10.1. The number of carbonyl (C=O) groups is 2. The topological polar surface area (TPSA) is 67.4 Å². The third kappa shape index (κ3) is 3.08. The first-order chi connectivity index (χ1) is 13.1. The molecule has 136 valence electrons. The van der Waals surface area contributed by atoms with Crippen molar-refractivity contribution in [2.45, 2.75) is 13.5 Å². The highest BCUT2D eigenvalue weighted by atomic mass is 32.1. The molecule has 4 rings (SSSR count). The van der Waals surface area contributed by atoms with Crippen LogP contribution in [0.5, 0.6) is 5.75 Å². The zero-order chi connectivity index (χ0) is 19.0. The van der Waals surface area contributed by atoms with Crippen molar-refractivity contribution < 1.29 is 14.3 Å². The van der Waals surface area contributed by atoms with Gasteiger partial charge in [0.15, 0.2) is 0 Å². The molecule has 0 bridgehead atoms. The molecule has 2 aromatic carbocycles. The fourth-order valence-electron chi connectivity index (χ4n) is 3.19. The van der Waals surface area contributed by atoms with Crippen molar-refractivity contribution in [1.29, 1.82) is 0 Å². The molecule has 1 aromatic heterocycles. The van der Waals surface area contributed by atoms with Crippen molar-refractivity contribution in [2.24, 2.45) is 0 Å². The lowest BCUT2D eigenvalue weighted by Gasteiger charge is -2.16. The summed E-state index contributed by atoms with van der Waals surface area (Å²) in [6, 6.07) is 15.1. The van der Waals surface area contributed by atoms with Crippen molar-refractivity contribution in [3.8, 4) is 16.2 Å². The van der Waals surface area contributed by atoms with Crippen LogP contribution in [0.1, 0.15) is 31.2 Å². The zero-order valence-corrected chi connectivity index (χ0v) is 15.8. The maximum absolute atomic E-state index is 12.8. The van der Waals surface area contributed by atoms with Crippen molar-refractivity contribution >= 4 is 28.8 Å². The Bertz CT molecular complexity index is 1060. The van der Waals surface area contributed by atoms with Crippen LogP contribution in [0.3, 0.4) is 0 Å². The van der Waals surface area contributed by atoms with E-state index in [-0.39, 0.29) is 11.8 Å². The van der Waals surface area contributed by atoms with Gasteiger partial charge in [0.25, 0.3) is 11.8 Å². The molecule has 6 heteroatoms. The molecule has 5 nitrogen and oxygen atoms in total. The van der Waals surface area contributed by atoms with Gasteiger partial charge in [-0.25, -0.2) is 0 Å². The molecule has 2 heterocycles. The number of hydrogen-bond donors (Lipinski definition) is 2. The minimum Gasteiger partial charge on any atom is -0.488 e. The molecule has 0 saturated carbocycles. The molecule has 27 heavy (non-hydrogen) atoms. The number of benzene rings is 2. The van der Waals surface area contributed by atoms with Gasteiger partial charge in [-0.1, -0.05) is 24.3 Å². The van der Waals surface area contributed by atoms with Crippen molar-refractivity contribution in [2.75, 3.05) is 12.4 Å². The third-order valence-electron chi connectivity index (χ3n) is 4.52. The van der Waals surface area contributed by atoms with Crippen molar-refractivity contribution in [3.63, 3.8) is 0 Å². The van der Waals surface area contributed by atoms with Crippen molar-refractivity contribution in [3.05, 3.63) is 70.1 Å². The summed E-state index contributed by atoms with van der Waals surface area (Å²) in [6.45, 7) is 2.29. The second kappa shape index (κ2) is 6.89. The first-order valence-electron chi connectivity index (χ1n) is 8.56. The van der Waals surface area contributed by atoms with E-state index in [9.17, 15) is 9.59 Å². The van der Waals surface area contributed by atoms with Gasteiger partial charge in [0.2, 0.25) is 0 Å². The number of anilines is 1. The number of amides is 2. The lowest BCUT2D eigenvalue weighted by molar-refractivity contribution is 0.0963. The fourth-order valence-corrected chi connectivity index (χ4v) is 4.29. The number of ether oxygens (including phenoxy) is 1. The van der Waals surface area contributed by atoms with Gasteiger partial charge in [-0.05, 0) is 36.8 Å². The van der Waals surface area contributed by atoms with Gasteiger partial charge < -0.3 is 15.4 Å². The number of rotatable bonds is 3. The molecule has 0 fully saturated rings. The van der Waals surface area contributed by atoms with Gasteiger partial charge in [0.1, 0.15) is 12.4 Å². The summed E-state index contributed by atoms with van der Waals surface area (Å²) < 4.78 is 5.76. The zero-order valence-electron chi connectivity index (χ0n) is 15.0. The van der Waals surface area contributed by atoms with E-state index in [0.29, 0.717) is 22.7 Å². The predicted molar refractivity (Wildman–Crippen MR) is 107 cm³/mol. The molecule has 1 aliphatic heterocycles. The molecule has 0 aliphatic carbocycles. The molecule has 2 N–H and O–H groups in total. The number of para-hydroxylation sites is 1. The van der Waals surface area contributed by atoms with Crippen LogP contribution in [0.2, 0.25) is 0 Å². The number of hydrogen-bond acceptors (Lipinski definition) is 4. The van der Waals surface area contributed by atoms with Crippen LogP contribution in [0.25, 0.3) is 10.4 Å². The van der Waals surface area contributed by atoms with E-state index in [1.54, 1.807) is 13.1 Å². The molecular formula is C21H18N2O3S. The van der Waals surface area contributed by atoms with Crippen LogP contribution < -0.4 is 15.4 Å². The highest BCUT2D eigenvalue weighted by Crippen LogP contribution is 2.42. The Morgan fingerprint density at radius 2 is 1.89 bits per heavy atom. The fraction of sp³-hybridized carbons (Fsp3) is 0.143. The summed E-state index contributed by atoms with van der Waals surface area (Å²) >= 11 is 1.44. The van der Waals surface area contributed by atoms with E-state index in [4.69, 9.17) is 4.74 Å². The molecule has 1 aliphatic rings. The highest BCUT2D eigenvalue weighted by molar-refractivity contribution is 7.17. The molecule has 0 atom stereocenters. The lowest BCUT2D eigenvalue weighted by Crippen LogP contribution is -2.22. The van der Waals surface area contributed by atoms with E-state index in [1.165, 1.54) is 11.3 Å². The quantitative estimate of drug-likeness (QED) is 0.717. The van der Waals surface area contributed by atoms with Gasteiger partial charge in [-0.15, -0.1) is 11.3 Å². The molecule has 0 radical (unpaired) electrons. The van der Waals surface area contributed by atoms with Crippen LogP contribution in [0.15, 0.2) is 48.5 Å². The molecular weight excluding hydrogens is 360 g/mol. The van der Waals surface area contributed by atoms with Gasteiger partial charge in [0.05, 0.1) is 16.1 Å². The third-order valence-corrected chi connectivity index (χ3v) is 5.73. The minimum absolute atomic E-state index is 0.226. The number of thiophene rings is 1. The van der Waals surface area contributed by atoms with Crippen LogP contribution in [0.4, 0.5) is 5.69 Å². The summed E-state index contributed by atoms with van der Waals surface area (Å²) in [7, 11) is 1.57. The summed E-state index contributed by atoms with van der Waals surface area (Å²) in [4.78, 5) is 26.7. The second-order valence-corrected chi connectivity index (χ2v) is 7.33. The highest BCUT2D eigenvalue weighted by Gasteiger charge is 2.23. The summed E-state index contributed by atoms with van der Waals surface area (Å²) in [5.74, 6) is 0.373. The Labute approximate surface area is 161 Å². The Kier molecular flexibility index (Phi) is 4.41. The largest absolute Gasteiger partial charge is 0.488 e. The van der Waals surface area contributed by atoms with Gasteiger partial charge >= 0.3 is 0 Å². The van der Waals surface area contributed by atoms with E-state index >= 15 is 0 Å². The number of aryl methyl sites for hydroxylation is 1. The monoisotopic (exact) mass is 378 g/mol. The Morgan fingerprint density at radius 3 is 2.70 bits per heavy atom. The Balaban J connectivity index is 1.66. The van der Waals surface area contributed by atoms with Gasteiger partial charge in [-0.3, -0.25) is 9.59 Å². The van der Waals surface area contributed by atoms with E-state index in [0.717, 1.165) is 27.3 Å². The number of fused-ring (bicyclic) bond motifs is 3. The smallest absolute Gasteiger partial charge is 0.265 e. The maximum atomic E-state index is 12.8. The van der Waals surface area contributed by atoms with Crippen LogP contribution in [-0.2, 0) is 6.61 Å². The Hall–Kier alpha value is -3.12. The summed E-state index contributed by atoms with van der Waals surface area (Å²) in [6.07, 6.45) is 0. The summed E-state index contributed by atoms with van der Waals surface area (Å²) in [5, 5.41) is 5.51. The molecule has 2 amide bonds. The van der Waals surface area contributed by atoms with Crippen LogP contribution in [-0.4, -0.2) is 18.9 Å². The number of nitrogens with one attached hydrogen (secondary N) is 2. The summed E-state index contributed by atoms with van der Waals surface area (Å²) in [5.41, 5.74) is 3.79. The Morgan fingerprint density at radius 1 is 1.07 bits per heavy atom. The normalized spacial score (nSPS) is 11.8. The van der Waals surface area contributed by atoms with Crippen LogP contribution in [0, 0.1) is 6.92 Å². The van der Waals surface area contributed by atoms with E-state index in [1.807, 2.05) is 49.4 Å². The van der Waals surface area contributed by atoms with E-state index < -0.39 is 0 Å². The minimum atomic E-state index is -0.234. The van der Waals surface area contributed by atoms with Gasteiger partial charge in [0, 0.05) is 23.1 Å². The van der Waals surface area contributed by atoms with Crippen LogP contribution >= 0.6 is 11.3 Å². The molecule has 0 unspecified atom stereocenters. The average Bonchev–Trinajstić information content (AvgIpc) is 3.12. The predicted octanol–water partition coefficient (Wildman–Crippen LogP) is 4.23.